The molecule has 1 aromatic carbocycles. The van der Waals surface area contributed by atoms with Crippen molar-refractivity contribution in [2.75, 3.05) is 26.2 Å². The Balaban J connectivity index is 1.54. The number of nitrogens with zero attached hydrogens (tertiary/aromatic N) is 2. The molecule has 0 aliphatic carbocycles. The summed E-state index contributed by atoms with van der Waals surface area (Å²) in [6.07, 6.45) is 4.53. The fraction of sp³-hybridized carbons (Fsp3) is 0.611. The van der Waals surface area contributed by atoms with Crippen LogP contribution in [-0.4, -0.2) is 54.0 Å². The van der Waals surface area contributed by atoms with Crippen molar-refractivity contribution in [2.45, 2.75) is 44.7 Å². The van der Waals surface area contributed by atoms with Gasteiger partial charge in [0.25, 0.3) is 0 Å². The second-order valence-electron chi connectivity index (χ2n) is 6.47. The minimum atomic E-state index is -0.274. The molecule has 0 radical (unpaired) electrons. The van der Waals surface area contributed by atoms with E-state index in [0.717, 1.165) is 38.9 Å². The standard InChI is InChI=1S/C18H25FN2O2/c1-14(22)21-10-4-8-18(21)17-7-3-9-20(17)11-12-23-16-6-2-5-15(19)13-16/h2,5-6,13,17-18H,3-4,7-12H2,1H3/t17-,18-/m1/s1. The van der Waals surface area contributed by atoms with E-state index in [0.29, 0.717) is 24.4 Å². The number of halogens is 1. The van der Waals surface area contributed by atoms with Gasteiger partial charge in [0.15, 0.2) is 0 Å². The highest BCUT2D eigenvalue weighted by Gasteiger charge is 2.38. The number of carbonyl (C=O) groups is 1. The summed E-state index contributed by atoms with van der Waals surface area (Å²) in [6.45, 7) is 4.99. The maximum absolute atomic E-state index is 13.2. The van der Waals surface area contributed by atoms with Gasteiger partial charge in [-0.25, -0.2) is 4.39 Å². The lowest BCUT2D eigenvalue weighted by molar-refractivity contribution is -0.130. The zero-order valence-electron chi connectivity index (χ0n) is 13.7. The van der Waals surface area contributed by atoms with E-state index in [4.69, 9.17) is 4.74 Å². The zero-order chi connectivity index (χ0) is 16.2. The Morgan fingerprint density at radius 1 is 1.26 bits per heavy atom. The van der Waals surface area contributed by atoms with Crippen LogP contribution in [0.5, 0.6) is 5.75 Å². The van der Waals surface area contributed by atoms with Gasteiger partial charge in [0.1, 0.15) is 18.2 Å². The van der Waals surface area contributed by atoms with E-state index >= 15 is 0 Å². The fourth-order valence-corrected chi connectivity index (χ4v) is 3.99. The first-order valence-corrected chi connectivity index (χ1v) is 8.55. The van der Waals surface area contributed by atoms with Crippen LogP contribution in [-0.2, 0) is 4.79 Å². The van der Waals surface area contributed by atoms with Gasteiger partial charge in [-0.1, -0.05) is 6.07 Å². The summed E-state index contributed by atoms with van der Waals surface area (Å²) >= 11 is 0. The molecule has 2 fully saturated rings. The van der Waals surface area contributed by atoms with E-state index in [1.54, 1.807) is 19.1 Å². The number of amides is 1. The molecule has 0 aromatic heterocycles. The Labute approximate surface area is 137 Å². The molecular formula is C18H25FN2O2. The van der Waals surface area contributed by atoms with Crippen molar-refractivity contribution in [1.29, 1.82) is 0 Å². The molecule has 2 aliphatic heterocycles. The molecule has 5 heteroatoms. The van der Waals surface area contributed by atoms with Crippen molar-refractivity contribution in [2.24, 2.45) is 0 Å². The van der Waals surface area contributed by atoms with E-state index < -0.39 is 0 Å². The predicted octanol–water partition coefficient (Wildman–Crippen LogP) is 2.68. The third-order valence-corrected chi connectivity index (χ3v) is 5.01. The first-order valence-electron chi connectivity index (χ1n) is 8.55. The van der Waals surface area contributed by atoms with Crippen LogP contribution in [0.1, 0.15) is 32.6 Å². The Morgan fingerprint density at radius 3 is 2.83 bits per heavy atom. The number of benzene rings is 1. The largest absolute Gasteiger partial charge is 0.492 e. The summed E-state index contributed by atoms with van der Waals surface area (Å²) in [5.41, 5.74) is 0. The molecule has 0 N–H and O–H groups in total. The molecule has 3 rings (SSSR count). The first-order chi connectivity index (χ1) is 11.1. The molecule has 0 unspecified atom stereocenters. The normalized spacial score (nSPS) is 25.0. The number of hydrogen-bond donors (Lipinski definition) is 0. The zero-order valence-corrected chi connectivity index (χ0v) is 13.7. The van der Waals surface area contributed by atoms with E-state index in [1.807, 2.05) is 4.90 Å². The second kappa shape index (κ2) is 7.30. The second-order valence-corrected chi connectivity index (χ2v) is 6.47. The van der Waals surface area contributed by atoms with Crippen LogP contribution < -0.4 is 4.74 Å². The molecule has 4 nitrogen and oxygen atoms in total. The minimum absolute atomic E-state index is 0.190. The van der Waals surface area contributed by atoms with Gasteiger partial charge in [-0.3, -0.25) is 9.69 Å². The smallest absolute Gasteiger partial charge is 0.219 e. The third-order valence-electron chi connectivity index (χ3n) is 5.01. The molecule has 23 heavy (non-hydrogen) atoms. The molecule has 0 bridgehead atoms. The van der Waals surface area contributed by atoms with Gasteiger partial charge in [-0.05, 0) is 44.4 Å². The first kappa shape index (κ1) is 16.2. The topological polar surface area (TPSA) is 32.8 Å². The summed E-state index contributed by atoms with van der Waals surface area (Å²) in [5.74, 6) is 0.493. The lowest BCUT2D eigenvalue weighted by atomic mass is 10.0. The summed E-state index contributed by atoms with van der Waals surface area (Å²) in [4.78, 5) is 16.3. The average Bonchev–Trinajstić information content (AvgIpc) is 3.15. The van der Waals surface area contributed by atoms with Gasteiger partial charge in [0, 0.05) is 38.2 Å². The van der Waals surface area contributed by atoms with Crippen LogP contribution >= 0.6 is 0 Å². The van der Waals surface area contributed by atoms with Crippen molar-refractivity contribution in [3.8, 4) is 5.75 Å². The average molecular weight is 320 g/mol. The molecule has 0 saturated carbocycles. The van der Waals surface area contributed by atoms with Crippen molar-refractivity contribution >= 4 is 5.91 Å². The van der Waals surface area contributed by atoms with Crippen molar-refractivity contribution in [1.82, 2.24) is 9.80 Å². The van der Waals surface area contributed by atoms with Crippen LogP contribution in [0, 0.1) is 5.82 Å². The van der Waals surface area contributed by atoms with Crippen molar-refractivity contribution in [3.05, 3.63) is 30.1 Å². The molecular weight excluding hydrogens is 295 g/mol. The lowest BCUT2D eigenvalue weighted by Gasteiger charge is -2.34. The highest BCUT2D eigenvalue weighted by atomic mass is 19.1. The SMILES string of the molecule is CC(=O)N1CCC[C@@H]1[C@H]1CCCN1CCOc1cccc(F)c1. The minimum Gasteiger partial charge on any atom is -0.492 e. The lowest BCUT2D eigenvalue weighted by Crippen LogP contribution is -2.48. The van der Waals surface area contributed by atoms with Crippen LogP contribution in [0.25, 0.3) is 0 Å². The molecule has 2 atom stereocenters. The molecule has 1 amide bonds. The Bertz CT molecular complexity index is 552. The Hall–Kier alpha value is -1.62. The molecule has 1 aromatic rings. The van der Waals surface area contributed by atoms with Crippen LogP contribution in [0.3, 0.4) is 0 Å². The van der Waals surface area contributed by atoms with Crippen LogP contribution in [0.15, 0.2) is 24.3 Å². The monoisotopic (exact) mass is 320 g/mol. The van der Waals surface area contributed by atoms with E-state index in [9.17, 15) is 9.18 Å². The number of hydrogen-bond acceptors (Lipinski definition) is 3. The van der Waals surface area contributed by atoms with Gasteiger partial charge in [0.2, 0.25) is 5.91 Å². The number of likely N-dealkylation sites (tertiary alicyclic amines) is 2. The molecule has 0 spiro atoms. The quantitative estimate of drug-likeness (QED) is 0.836. The van der Waals surface area contributed by atoms with Gasteiger partial charge < -0.3 is 9.64 Å². The van der Waals surface area contributed by atoms with Crippen molar-refractivity contribution < 1.29 is 13.9 Å². The molecule has 2 heterocycles. The Kier molecular flexibility index (Phi) is 5.16. The highest BCUT2D eigenvalue weighted by molar-refractivity contribution is 5.74. The summed E-state index contributed by atoms with van der Waals surface area (Å²) in [7, 11) is 0. The van der Waals surface area contributed by atoms with Crippen LogP contribution in [0.4, 0.5) is 4.39 Å². The fourth-order valence-electron chi connectivity index (χ4n) is 3.99. The summed E-state index contributed by atoms with van der Waals surface area (Å²) < 4.78 is 18.8. The molecule has 126 valence electrons. The number of ether oxygens (including phenoxy) is 1. The van der Waals surface area contributed by atoms with Gasteiger partial charge >= 0.3 is 0 Å². The van der Waals surface area contributed by atoms with E-state index in [-0.39, 0.29) is 11.7 Å². The predicted molar refractivity (Wildman–Crippen MR) is 86.9 cm³/mol. The number of carbonyl (C=O) groups excluding carboxylic acids is 1. The van der Waals surface area contributed by atoms with Gasteiger partial charge in [0.05, 0.1) is 0 Å². The van der Waals surface area contributed by atoms with Crippen LogP contribution in [0.2, 0.25) is 0 Å². The van der Waals surface area contributed by atoms with Gasteiger partial charge in [-0.2, -0.15) is 0 Å². The van der Waals surface area contributed by atoms with Gasteiger partial charge in [-0.15, -0.1) is 0 Å². The van der Waals surface area contributed by atoms with E-state index in [1.165, 1.54) is 18.6 Å². The Morgan fingerprint density at radius 2 is 2.04 bits per heavy atom. The maximum Gasteiger partial charge on any atom is 0.219 e. The molecule has 2 saturated heterocycles. The summed E-state index contributed by atoms with van der Waals surface area (Å²) in [6, 6.07) is 7.06. The van der Waals surface area contributed by atoms with E-state index in [2.05, 4.69) is 4.90 Å². The summed E-state index contributed by atoms with van der Waals surface area (Å²) in [5, 5.41) is 0. The highest BCUT2D eigenvalue weighted by Crippen LogP contribution is 2.29. The number of rotatable bonds is 5. The molecule has 2 aliphatic rings. The van der Waals surface area contributed by atoms with Crippen molar-refractivity contribution in [3.63, 3.8) is 0 Å². The third kappa shape index (κ3) is 3.83. The maximum atomic E-state index is 13.2.